The van der Waals surface area contributed by atoms with Gasteiger partial charge in [0.05, 0.1) is 42.8 Å². The molecule has 330 valence electrons. The number of piperazine rings is 1. The van der Waals surface area contributed by atoms with E-state index in [1.54, 1.807) is 23.2 Å². The van der Waals surface area contributed by atoms with Gasteiger partial charge in [-0.1, -0.05) is 12.1 Å². The number of nitrogens with one attached hydrogen (secondary N) is 2. The lowest BCUT2D eigenvalue weighted by Crippen LogP contribution is -2.63. The maximum atomic E-state index is 15.2. The first-order valence-corrected chi connectivity index (χ1v) is 21.5. The van der Waals surface area contributed by atoms with E-state index < -0.39 is 23.5 Å². The Bertz CT molecular complexity index is 2430. The molecule has 17 nitrogen and oxygen atoms in total. The van der Waals surface area contributed by atoms with Crippen molar-refractivity contribution in [2.24, 2.45) is 0 Å². The molecule has 4 aromatic rings. The zero-order valence-corrected chi connectivity index (χ0v) is 36.0. The molecule has 0 spiro atoms. The van der Waals surface area contributed by atoms with Gasteiger partial charge in [0.25, 0.3) is 0 Å². The van der Waals surface area contributed by atoms with Gasteiger partial charge < -0.3 is 29.5 Å². The normalized spacial score (nSPS) is 18.3. The van der Waals surface area contributed by atoms with Gasteiger partial charge in [0.1, 0.15) is 23.7 Å². The molecule has 0 radical (unpaired) electrons. The number of rotatable bonds is 8. The van der Waals surface area contributed by atoms with Crippen LogP contribution < -0.4 is 35.0 Å². The van der Waals surface area contributed by atoms with Gasteiger partial charge in [-0.05, 0) is 75.6 Å². The summed E-state index contributed by atoms with van der Waals surface area (Å²) in [6.45, 7) is 13.9. The fourth-order valence-electron chi connectivity index (χ4n) is 8.79. The standard InChI is InChI=1S/C45H52FN11O6/c1-28-37(24-47-41-40(28)57(19-20-62-41)44(61)63-45(2,3)4)54-13-11-30-23-48-42(50-35(30)27-54)49-31-7-5-29(6-8-31)21-39(59)53-17-15-52(16-18-53)33-25-55(26-33)36-10-9-32(22-34(36)46)56-14-12-38(58)51-43(56)60/h5-10,22-24,33H,11-21,25-27H2,1-4H3,(H,48,49,50)(H,51,58,60). The number of imide groups is 1. The van der Waals surface area contributed by atoms with Crippen LogP contribution in [0.5, 0.6) is 5.88 Å². The molecule has 3 saturated heterocycles. The predicted octanol–water partition coefficient (Wildman–Crippen LogP) is 4.78. The van der Waals surface area contributed by atoms with E-state index in [0.717, 1.165) is 59.8 Å². The van der Waals surface area contributed by atoms with Crippen molar-refractivity contribution in [1.29, 1.82) is 0 Å². The fraction of sp³-hybridized carbons (Fsp3) is 0.444. The molecule has 5 aliphatic rings. The highest BCUT2D eigenvalue weighted by molar-refractivity contribution is 6.05. The summed E-state index contributed by atoms with van der Waals surface area (Å²) in [6.07, 6.45) is 4.47. The fourth-order valence-corrected chi connectivity index (χ4v) is 8.79. The number of urea groups is 1. The molecule has 2 aromatic heterocycles. The zero-order chi connectivity index (χ0) is 44.0. The number of halogens is 1. The Morgan fingerprint density at radius 2 is 1.70 bits per heavy atom. The Kier molecular flexibility index (Phi) is 11.2. The van der Waals surface area contributed by atoms with Gasteiger partial charge >= 0.3 is 12.1 Å². The number of hydrogen-bond donors (Lipinski definition) is 2. The smallest absolute Gasteiger partial charge is 0.415 e. The summed E-state index contributed by atoms with van der Waals surface area (Å²) in [4.78, 5) is 75.8. The van der Waals surface area contributed by atoms with Crippen molar-refractivity contribution in [2.45, 2.75) is 65.1 Å². The van der Waals surface area contributed by atoms with Crippen LogP contribution in [0.2, 0.25) is 0 Å². The van der Waals surface area contributed by atoms with Gasteiger partial charge in [-0.3, -0.25) is 29.6 Å². The van der Waals surface area contributed by atoms with E-state index in [9.17, 15) is 19.2 Å². The first-order valence-electron chi connectivity index (χ1n) is 21.5. The predicted molar refractivity (Wildman–Crippen MR) is 234 cm³/mol. The van der Waals surface area contributed by atoms with Gasteiger partial charge in [-0.25, -0.2) is 28.9 Å². The lowest BCUT2D eigenvalue weighted by atomic mass is 10.0. The summed E-state index contributed by atoms with van der Waals surface area (Å²) in [5.41, 5.74) is 6.38. The van der Waals surface area contributed by atoms with E-state index in [1.807, 2.05) is 68.0 Å². The van der Waals surface area contributed by atoms with Gasteiger partial charge in [-0.15, -0.1) is 0 Å². The Balaban J connectivity index is 0.751. The maximum Gasteiger partial charge on any atom is 0.415 e. The first kappa shape index (κ1) is 41.8. The summed E-state index contributed by atoms with van der Waals surface area (Å²) >= 11 is 0. The Morgan fingerprint density at radius 3 is 2.43 bits per heavy atom. The summed E-state index contributed by atoms with van der Waals surface area (Å²) in [6, 6.07) is 12.2. The molecule has 63 heavy (non-hydrogen) atoms. The number of hydrogen-bond acceptors (Lipinski definition) is 13. The highest BCUT2D eigenvalue weighted by atomic mass is 19.1. The van der Waals surface area contributed by atoms with Crippen LogP contribution in [0.1, 0.15) is 49.6 Å². The van der Waals surface area contributed by atoms with Crippen LogP contribution in [-0.2, 0) is 33.7 Å². The van der Waals surface area contributed by atoms with Gasteiger partial charge in [-0.2, -0.15) is 0 Å². The van der Waals surface area contributed by atoms with Crippen LogP contribution in [-0.4, -0.2) is 126 Å². The SMILES string of the molecule is Cc1c(N2CCc3cnc(Nc4ccc(CC(=O)N5CCN(C6CN(c7ccc(N8CCC(=O)NC8=O)cc7F)C6)CC5)cc4)nc3C2)cnc2c1N(C(=O)OC(C)(C)C)CCO2. The second-order valence-electron chi connectivity index (χ2n) is 17.6. The number of pyridine rings is 1. The molecule has 5 aliphatic heterocycles. The molecular formula is C45H52FN11O6. The second-order valence-corrected chi connectivity index (χ2v) is 17.6. The molecule has 7 heterocycles. The van der Waals surface area contributed by atoms with Crippen molar-refractivity contribution in [3.8, 4) is 5.88 Å². The van der Waals surface area contributed by atoms with E-state index >= 15 is 4.39 Å². The number of aromatic nitrogens is 3. The first-order chi connectivity index (χ1) is 30.3. The topological polar surface area (TPSA) is 169 Å². The van der Waals surface area contributed by atoms with Crippen molar-refractivity contribution in [1.82, 2.24) is 30.1 Å². The van der Waals surface area contributed by atoms with Gasteiger partial charge in [0.2, 0.25) is 23.6 Å². The van der Waals surface area contributed by atoms with Crippen LogP contribution in [0, 0.1) is 12.7 Å². The minimum absolute atomic E-state index is 0.0801. The maximum absolute atomic E-state index is 15.2. The monoisotopic (exact) mass is 861 g/mol. The molecule has 18 heteroatoms. The van der Waals surface area contributed by atoms with Crippen LogP contribution in [0.4, 0.5) is 48.4 Å². The molecule has 0 unspecified atom stereocenters. The third-order valence-electron chi connectivity index (χ3n) is 12.2. The van der Waals surface area contributed by atoms with Crippen molar-refractivity contribution < 1.29 is 33.0 Å². The number of benzene rings is 2. The van der Waals surface area contributed by atoms with E-state index in [0.29, 0.717) is 81.2 Å². The highest BCUT2D eigenvalue weighted by Gasteiger charge is 2.37. The number of anilines is 6. The van der Waals surface area contributed by atoms with Crippen LogP contribution in [0.15, 0.2) is 54.9 Å². The molecule has 9 rings (SSSR count). The lowest BCUT2D eigenvalue weighted by Gasteiger charge is -2.49. The van der Waals surface area contributed by atoms with Gasteiger partial charge in [0.15, 0.2) is 0 Å². The van der Waals surface area contributed by atoms with E-state index in [-0.39, 0.29) is 30.8 Å². The third kappa shape index (κ3) is 8.89. The van der Waals surface area contributed by atoms with E-state index in [2.05, 4.69) is 30.4 Å². The minimum Gasteiger partial charge on any atom is -0.474 e. The van der Waals surface area contributed by atoms with E-state index in [1.165, 1.54) is 11.0 Å². The third-order valence-corrected chi connectivity index (χ3v) is 12.2. The van der Waals surface area contributed by atoms with Crippen molar-refractivity contribution >= 4 is 58.3 Å². The van der Waals surface area contributed by atoms with Crippen LogP contribution >= 0.6 is 0 Å². The lowest BCUT2D eigenvalue weighted by molar-refractivity contribution is -0.132. The Morgan fingerprint density at radius 1 is 0.921 bits per heavy atom. The van der Waals surface area contributed by atoms with Crippen molar-refractivity contribution in [2.75, 3.05) is 90.4 Å². The summed E-state index contributed by atoms with van der Waals surface area (Å²) in [7, 11) is 0. The summed E-state index contributed by atoms with van der Waals surface area (Å²) in [5, 5.41) is 5.59. The largest absolute Gasteiger partial charge is 0.474 e. The molecular weight excluding hydrogens is 810 g/mol. The average molecular weight is 862 g/mol. The number of carbonyl (C=O) groups is 4. The van der Waals surface area contributed by atoms with Crippen LogP contribution in [0.25, 0.3) is 0 Å². The number of nitrogens with zero attached hydrogens (tertiary/aromatic N) is 9. The molecule has 3 fully saturated rings. The number of ether oxygens (including phenoxy) is 2. The summed E-state index contributed by atoms with van der Waals surface area (Å²) < 4.78 is 26.7. The molecule has 0 bridgehead atoms. The highest BCUT2D eigenvalue weighted by Crippen LogP contribution is 2.40. The second kappa shape index (κ2) is 17.0. The quantitative estimate of drug-likeness (QED) is 0.249. The number of fused-ring (bicyclic) bond motifs is 2. The summed E-state index contributed by atoms with van der Waals surface area (Å²) in [5.74, 6) is 0.237. The molecule has 2 aromatic carbocycles. The molecule has 0 saturated carbocycles. The molecule has 0 atom stereocenters. The number of carbonyl (C=O) groups excluding carboxylic acids is 4. The molecule has 2 N–H and O–H groups in total. The van der Waals surface area contributed by atoms with Gasteiger partial charge in [0, 0.05) is 88.0 Å². The zero-order valence-electron chi connectivity index (χ0n) is 36.0. The molecule has 0 aliphatic carbocycles. The minimum atomic E-state index is -0.635. The Labute approximate surface area is 365 Å². The van der Waals surface area contributed by atoms with Crippen molar-refractivity contribution in [3.05, 3.63) is 83.1 Å². The number of amides is 5. The Hall–Kier alpha value is -6.56. The van der Waals surface area contributed by atoms with E-state index in [4.69, 9.17) is 14.5 Å². The average Bonchev–Trinajstić information content (AvgIpc) is 3.24. The molecule has 5 amide bonds. The van der Waals surface area contributed by atoms with Crippen molar-refractivity contribution in [3.63, 3.8) is 0 Å². The van der Waals surface area contributed by atoms with Crippen LogP contribution in [0.3, 0.4) is 0 Å².